The second-order valence-corrected chi connectivity index (χ2v) is 7.05. The number of nitrogens with zero attached hydrogens (tertiary/aromatic N) is 5. The highest BCUT2D eigenvalue weighted by molar-refractivity contribution is 6.30. The molecule has 5 rings (SSSR count). The number of nitrogens with one attached hydrogen (secondary N) is 2. The number of benzene rings is 1. The Balaban J connectivity index is 1.50. The molecular formula is C20H16ClN7. The molecule has 0 aliphatic heterocycles. The van der Waals surface area contributed by atoms with Gasteiger partial charge in [0, 0.05) is 39.8 Å². The Morgan fingerprint density at radius 2 is 1.93 bits per heavy atom. The van der Waals surface area contributed by atoms with E-state index >= 15 is 0 Å². The van der Waals surface area contributed by atoms with E-state index in [-0.39, 0.29) is 0 Å². The molecule has 0 fully saturated rings. The molecule has 0 amide bonds. The molecule has 5 aromatic rings. The maximum atomic E-state index is 5.96. The Morgan fingerprint density at radius 3 is 2.71 bits per heavy atom. The number of halogens is 1. The van der Waals surface area contributed by atoms with Gasteiger partial charge in [0.2, 0.25) is 0 Å². The summed E-state index contributed by atoms with van der Waals surface area (Å²) in [6.07, 6.45) is 9.29. The number of fused-ring (bicyclic) bond motifs is 1. The van der Waals surface area contributed by atoms with E-state index in [1.165, 1.54) is 0 Å². The van der Waals surface area contributed by atoms with Crippen molar-refractivity contribution < 1.29 is 0 Å². The van der Waals surface area contributed by atoms with Crippen LogP contribution in [0.2, 0.25) is 5.02 Å². The molecule has 7 nitrogen and oxygen atoms in total. The van der Waals surface area contributed by atoms with Gasteiger partial charge in [0.15, 0.2) is 5.65 Å². The van der Waals surface area contributed by atoms with Gasteiger partial charge in [0.1, 0.15) is 5.52 Å². The summed E-state index contributed by atoms with van der Waals surface area (Å²) in [6, 6.07) is 7.77. The summed E-state index contributed by atoms with van der Waals surface area (Å²) in [6.45, 7) is 2.64. The highest BCUT2D eigenvalue weighted by Gasteiger charge is 2.14. The number of aryl methyl sites for hydroxylation is 1. The fraction of sp³-hybridized carbons (Fsp3) is 0.100. The van der Waals surface area contributed by atoms with Gasteiger partial charge in [-0.1, -0.05) is 23.7 Å². The van der Waals surface area contributed by atoms with Crippen LogP contribution in [-0.2, 0) is 6.54 Å². The first-order valence-corrected chi connectivity index (χ1v) is 9.17. The first-order chi connectivity index (χ1) is 13.7. The van der Waals surface area contributed by atoms with Crippen molar-refractivity contribution in [3.8, 4) is 22.4 Å². The molecule has 8 heteroatoms. The third-order valence-electron chi connectivity index (χ3n) is 4.69. The van der Waals surface area contributed by atoms with Gasteiger partial charge >= 0.3 is 0 Å². The largest absolute Gasteiger partial charge is 0.344 e. The fourth-order valence-electron chi connectivity index (χ4n) is 3.22. The summed E-state index contributed by atoms with van der Waals surface area (Å²) in [5.74, 6) is 0. The van der Waals surface area contributed by atoms with Crippen molar-refractivity contribution >= 4 is 22.8 Å². The van der Waals surface area contributed by atoms with Crippen molar-refractivity contribution in [1.82, 2.24) is 34.9 Å². The van der Waals surface area contributed by atoms with Crippen LogP contribution >= 0.6 is 11.6 Å². The third kappa shape index (κ3) is 2.95. The van der Waals surface area contributed by atoms with Crippen molar-refractivity contribution in [3.05, 3.63) is 71.5 Å². The van der Waals surface area contributed by atoms with Crippen LogP contribution in [0.25, 0.3) is 33.5 Å². The molecule has 0 aliphatic carbocycles. The van der Waals surface area contributed by atoms with E-state index in [0.717, 1.165) is 49.8 Å². The van der Waals surface area contributed by atoms with Crippen molar-refractivity contribution in [2.75, 3.05) is 0 Å². The summed E-state index contributed by atoms with van der Waals surface area (Å²) >= 11 is 5.96. The van der Waals surface area contributed by atoms with E-state index in [1.807, 2.05) is 54.5 Å². The van der Waals surface area contributed by atoms with Gasteiger partial charge in [0.05, 0.1) is 30.8 Å². The normalized spacial score (nSPS) is 11.4. The molecule has 0 aliphatic rings. The smallest absolute Gasteiger partial charge is 0.156 e. The van der Waals surface area contributed by atoms with Crippen molar-refractivity contribution in [2.24, 2.45) is 0 Å². The van der Waals surface area contributed by atoms with E-state index in [0.29, 0.717) is 6.54 Å². The lowest BCUT2D eigenvalue weighted by Gasteiger charge is -2.02. The van der Waals surface area contributed by atoms with Crippen LogP contribution in [0.3, 0.4) is 0 Å². The van der Waals surface area contributed by atoms with E-state index in [9.17, 15) is 0 Å². The number of hydrogen-bond acceptors (Lipinski definition) is 4. The van der Waals surface area contributed by atoms with E-state index in [4.69, 9.17) is 16.6 Å². The summed E-state index contributed by atoms with van der Waals surface area (Å²) in [5.41, 5.74) is 7.32. The SMILES string of the molecule is Cc1[nH]ncc1-c1cnc2[nH]cc(-c3cnn(Cc4ccc(Cl)cc4)c3)c2n1. The molecule has 0 saturated carbocycles. The zero-order valence-electron chi connectivity index (χ0n) is 15.0. The summed E-state index contributed by atoms with van der Waals surface area (Å²) < 4.78 is 1.90. The zero-order chi connectivity index (χ0) is 19.1. The first kappa shape index (κ1) is 16.7. The Labute approximate surface area is 165 Å². The second kappa shape index (κ2) is 6.61. The first-order valence-electron chi connectivity index (χ1n) is 8.79. The van der Waals surface area contributed by atoms with E-state index < -0.39 is 0 Å². The Bertz CT molecular complexity index is 1260. The highest BCUT2D eigenvalue weighted by atomic mass is 35.5. The Kier molecular flexibility index (Phi) is 3.95. The van der Waals surface area contributed by atoms with Gasteiger partial charge in [-0.2, -0.15) is 10.2 Å². The van der Waals surface area contributed by atoms with E-state index in [1.54, 1.807) is 12.4 Å². The number of aromatic nitrogens is 7. The van der Waals surface area contributed by atoms with E-state index in [2.05, 4.69) is 25.3 Å². The molecule has 4 heterocycles. The van der Waals surface area contributed by atoms with Crippen LogP contribution in [0.1, 0.15) is 11.3 Å². The van der Waals surface area contributed by atoms with Crippen LogP contribution in [0.4, 0.5) is 0 Å². The van der Waals surface area contributed by atoms with Crippen LogP contribution in [0.5, 0.6) is 0 Å². The number of hydrogen-bond donors (Lipinski definition) is 2. The minimum Gasteiger partial charge on any atom is -0.344 e. The van der Waals surface area contributed by atoms with Crippen LogP contribution in [0.15, 0.2) is 55.2 Å². The molecule has 4 aromatic heterocycles. The molecule has 0 saturated heterocycles. The molecule has 0 unspecified atom stereocenters. The minimum absolute atomic E-state index is 0.671. The molecular weight excluding hydrogens is 374 g/mol. The molecule has 0 atom stereocenters. The molecule has 1 aromatic carbocycles. The minimum atomic E-state index is 0.671. The Hall–Kier alpha value is -3.45. The summed E-state index contributed by atoms with van der Waals surface area (Å²) in [4.78, 5) is 12.5. The molecule has 138 valence electrons. The molecule has 2 N–H and O–H groups in total. The number of aromatic amines is 2. The predicted molar refractivity (Wildman–Crippen MR) is 108 cm³/mol. The monoisotopic (exact) mass is 389 g/mol. The fourth-order valence-corrected chi connectivity index (χ4v) is 3.34. The van der Waals surface area contributed by atoms with Crippen molar-refractivity contribution in [2.45, 2.75) is 13.5 Å². The van der Waals surface area contributed by atoms with Crippen LogP contribution in [-0.4, -0.2) is 34.9 Å². The second-order valence-electron chi connectivity index (χ2n) is 6.62. The third-order valence-corrected chi connectivity index (χ3v) is 4.94. The maximum absolute atomic E-state index is 5.96. The average Bonchev–Trinajstić information content (AvgIpc) is 3.42. The predicted octanol–water partition coefficient (Wildman–Crippen LogP) is 4.22. The number of rotatable bonds is 4. The topological polar surface area (TPSA) is 88.1 Å². The Morgan fingerprint density at radius 1 is 1.07 bits per heavy atom. The standard InChI is InChI=1S/C20H16ClN7/c1-12-16(8-24-27-12)18-9-23-20-19(26-18)17(7-22-20)14-6-25-28(11-14)10-13-2-4-15(21)5-3-13/h2-9,11H,10H2,1H3,(H,22,23)(H,24,27). The summed E-state index contributed by atoms with van der Waals surface area (Å²) in [7, 11) is 0. The summed E-state index contributed by atoms with van der Waals surface area (Å²) in [5, 5.41) is 12.2. The molecule has 28 heavy (non-hydrogen) atoms. The van der Waals surface area contributed by atoms with Crippen molar-refractivity contribution in [1.29, 1.82) is 0 Å². The van der Waals surface area contributed by atoms with Gasteiger partial charge in [0.25, 0.3) is 0 Å². The van der Waals surface area contributed by atoms with Crippen LogP contribution in [0, 0.1) is 6.92 Å². The lowest BCUT2D eigenvalue weighted by atomic mass is 10.1. The van der Waals surface area contributed by atoms with Gasteiger partial charge in [-0.25, -0.2) is 9.97 Å². The highest BCUT2D eigenvalue weighted by Crippen LogP contribution is 2.28. The van der Waals surface area contributed by atoms with Crippen molar-refractivity contribution in [3.63, 3.8) is 0 Å². The molecule has 0 radical (unpaired) electrons. The maximum Gasteiger partial charge on any atom is 0.156 e. The van der Waals surface area contributed by atoms with Crippen LogP contribution < -0.4 is 0 Å². The van der Waals surface area contributed by atoms with Gasteiger partial charge in [-0.15, -0.1) is 0 Å². The molecule has 0 spiro atoms. The van der Waals surface area contributed by atoms with Gasteiger partial charge in [-0.05, 0) is 24.6 Å². The lowest BCUT2D eigenvalue weighted by Crippen LogP contribution is -1.99. The quantitative estimate of drug-likeness (QED) is 0.481. The number of H-pyrrole nitrogens is 2. The van der Waals surface area contributed by atoms with Gasteiger partial charge < -0.3 is 4.98 Å². The lowest BCUT2D eigenvalue weighted by molar-refractivity contribution is 0.687. The zero-order valence-corrected chi connectivity index (χ0v) is 15.8. The van der Waals surface area contributed by atoms with Gasteiger partial charge in [-0.3, -0.25) is 9.78 Å². The average molecular weight is 390 g/mol. The molecule has 0 bridgehead atoms.